The summed E-state index contributed by atoms with van der Waals surface area (Å²) in [7, 11) is 1.63. The predicted molar refractivity (Wildman–Crippen MR) is 139 cm³/mol. The predicted octanol–water partition coefficient (Wildman–Crippen LogP) is 5.64. The van der Waals surface area contributed by atoms with Crippen molar-refractivity contribution in [1.29, 1.82) is 0 Å². The number of benzene rings is 3. The van der Waals surface area contributed by atoms with E-state index >= 15 is 0 Å². The summed E-state index contributed by atoms with van der Waals surface area (Å²) in [5.41, 5.74) is 4.52. The Balaban J connectivity index is 1.32. The van der Waals surface area contributed by atoms with E-state index in [1.54, 1.807) is 13.2 Å². The highest BCUT2D eigenvalue weighted by atomic mass is 32.2. The van der Waals surface area contributed by atoms with Crippen LogP contribution in [0.15, 0.2) is 94.6 Å². The van der Waals surface area contributed by atoms with E-state index in [2.05, 4.69) is 20.7 Å². The molecule has 0 aliphatic heterocycles. The van der Waals surface area contributed by atoms with Gasteiger partial charge in [-0.15, -0.1) is 10.2 Å². The summed E-state index contributed by atoms with van der Waals surface area (Å²) in [4.78, 5) is 12.7. The van der Waals surface area contributed by atoms with Crippen LogP contribution in [0.25, 0.3) is 28.3 Å². The summed E-state index contributed by atoms with van der Waals surface area (Å²) in [6.07, 6.45) is 0. The van der Waals surface area contributed by atoms with Gasteiger partial charge in [0.15, 0.2) is 11.0 Å². The number of hydrogen-bond donors (Lipinski definition) is 1. The quantitative estimate of drug-likeness (QED) is 0.277. The number of aryl methyl sites for hydroxylation is 1. The van der Waals surface area contributed by atoms with Crippen molar-refractivity contribution in [3.63, 3.8) is 0 Å². The zero-order chi connectivity index (χ0) is 24.9. The zero-order valence-electron chi connectivity index (χ0n) is 19.7. The van der Waals surface area contributed by atoms with Gasteiger partial charge in [-0.25, -0.2) is 0 Å². The summed E-state index contributed by atoms with van der Waals surface area (Å²) in [6, 6.07) is 27.0. The first-order valence-corrected chi connectivity index (χ1v) is 12.2. The van der Waals surface area contributed by atoms with Gasteiger partial charge in [-0.2, -0.15) is 0 Å². The number of anilines is 1. The summed E-state index contributed by atoms with van der Waals surface area (Å²) in [5, 5.41) is 16.2. The van der Waals surface area contributed by atoms with Crippen molar-refractivity contribution in [1.82, 2.24) is 19.9 Å². The molecule has 1 N–H and O–H groups in total. The van der Waals surface area contributed by atoms with E-state index < -0.39 is 0 Å². The number of methoxy groups -OCH3 is 1. The van der Waals surface area contributed by atoms with Crippen molar-refractivity contribution in [2.75, 3.05) is 18.2 Å². The van der Waals surface area contributed by atoms with Crippen LogP contribution < -0.4 is 10.1 Å². The average molecular weight is 498 g/mol. The number of amides is 1. The number of ether oxygens (including phenoxy) is 1. The lowest BCUT2D eigenvalue weighted by Crippen LogP contribution is -2.14. The normalized spacial score (nSPS) is 10.8. The minimum atomic E-state index is -0.236. The minimum absolute atomic E-state index is 0.119. The molecule has 5 aromatic rings. The number of rotatable bonds is 8. The molecule has 0 saturated heterocycles. The molecule has 0 bridgehead atoms. The topological polar surface area (TPSA) is 95.1 Å². The molecule has 0 atom stereocenters. The molecular formula is C27H23N5O3S. The Kier molecular flexibility index (Phi) is 6.81. The van der Waals surface area contributed by atoms with Crippen LogP contribution in [0.5, 0.6) is 5.75 Å². The molecule has 3 aromatic carbocycles. The van der Waals surface area contributed by atoms with Gasteiger partial charge in [0.05, 0.1) is 12.9 Å². The van der Waals surface area contributed by atoms with Gasteiger partial charge < -0.3 is 9.26 Å². The molecule has 8 nitrogen and oxygen atoms in total. The van der Waals surface area contributed by atoms with Gasteiger partial charge in [0.25, 0.3) is 0 Å². The van der Waals surface area contributed by atoms with Crippen molar-refractivity contribution >= 4 is 23.6 Å². The van der Waals surface area contributed by atoms with Gasteiger partial charge in [-0.05, 0) is 43.3 Å². The fraction of sp³-hybridized carbons (Fsp3) is 0.111. The molecule has 0 spiro atoms. The van der Waals surface area contributed by atoms with E-state index in [1.165, 1.54) is 11.8 Å². The number of aromatic nitrogens is 4. The van der Waals surface area contributed by atoms with Crippen LogP contribution in [0.4, 0.5) is 5.88 Å². The highest BCUT2D eigenvalue weighted by Gasteiger charge is 2.18. The minimum Gasteiger partial charge on any atom is -0.497 e. The van der Waals surface area contributed by atoms with Crippen molar-refractivity contribution in [3.05, 3.63) is 90.5 Å². The molecule has 0 aliphatic carbocycles. The molecule has 2 heterocycles. The molecular weight excluding hydrogens is 474 g/mol. The van der Waals surface area contributed by atoms with Crippen LogP contribution in [0.1, 0.15) is 5.56 Å². The van der Waals surface area contributed by atoms with Gasteiger partial charge in [-0.3, -0.25) is 14.7 Å². The fourth-order valence-corrected chi connectivity index (χ4v) is 4.35. The van der Waals surface area contributed by atoms with E-state index in [9.17, 15) is 4.79 Å². The van der Waals surface area contributed by atoms with Crippen LogP contribution in [0.3, 0.4) is 0 Å². The second kappa shape index (κ2) is 10.5. The van der Waals surface area contributed by atoms with Crippen molar-refractivity contribution < 1.29 is 14.1 Å². The van der Waals surface area contributed by atoms with E-state index in [1.807, 2.05) is 90.4 Å². The lowest BCUT2D eigenvalue weighted by atomic mass is 10.1. The number of carbonyl (C=O) groups is 1. The highest BCUT2D eigenvalue weighted by Crippen LogP contribution is 2.29. The Labute approximate surface area is 212 Å². The standard InChI is InChI=1S/C27H23N5O3S/c1-18-8-10-19(11-9-18)23-16-25(35-31-23)28-24(33)17-36-27-30-29-26(20-12-14-22(34-2)15-13-20)32(27)21-6-4-3-5-7-21/h3-16H,17H2,1-2H3,(H,28,33). The lowest BCUT2D eigenvalue weighted by Gasteiger charge is -2.10. The first kappa shape index (κ1) is 23.4. The first-order valence-electron chi connectivity index (χ1n) is 11.2. The first-order chi connectivity index (χ1) is 17.6. The van der Waals surface area contributed by atoms with E-state index in [0.717, 1.165) is 28.1 Å². The molecule has 0 radical (unpaired) electrons. The largest absolute Gasteiger partial charge is 0.497 e. The Morgan fingerprint density at radius 1 is 0.972 bits per heavy atom. The highest BCUT2D eigenvalue weighted by molar-refractivity contribution is 7.99. The average Bonchev–Trinajstić information content (AvgIpc) is 3.56. The van der Waals surface area contributed by atoms with Gasteiger partial charge in [0.1, 0.15) is 11.4 Å². The monoisotopic (exact) mass is 497 g/mol. The molecule has 0 unspecified atom stereocenters. The molecule has 0 fully saturated rings. The number of thioether (sulfide) groups is 1. The second-order valence-electron chi connectivity index (χ2n) is 7.98. The molecule has 5 rings (SSSR count). The molecule has 9 heteroatoms. The number of nitrogens with zero attached hydrogens (tertiary/aromatic N) is 4. The number of hydrogen-bond acceptors (Lipinski definition) is 7. The van der Waals surface area contributed by atoms with Crippen LogP contribution in [0, 0.1) is 6.92 Å². The van der Waals surface area contributed by atoms with Crippen molar-refractivity contribution in [2.45, 2.75) is 12.1 Å². The molecule has 0 saturated carbocycles. The third-order valence-electron chi connectivity index (χ3n) is 5.45. The number of para-hydroxylation sites is 1. The van der Waals surface area contributed by atoms with Crippen LogP contribution in [0.2, 0.25) is 0 Å². The summed E-state index contributed by atoms with van der Waals surface area (Å²) in [6.45, 7) is 2.02. The van der Waals surface area contributed by atoms with Gasteiger partial charge >= 0.3 is 0 Å². The van der Waals surface area contributed by atoms with E-state index in [0.29, 0.717) is 22.6 Å². The third kappa shape index (κ3) is 5.16. The third-order valence-corrected chi connectivity index (χ3v) is 6.38. The lowest BCUT2D eigenvalue weighted by molar-refractivity contribution is -0.113. The van der Waals surface area contributed by atoms with Gasteiger partial charge in [0.2, 0.25) is 11.8 Å². The van der Waals surface area contributed by atoms with Crippen LogP contribution in [-0.2, 0) is 4.79 Å². The zero-order valence-corrected chi connectivity index (χ0v) is 20.5. The molecule has 180 valence electrons. The Morgan fingerprint density at radius 3 is 2.42 bits per heavy atom. The number of carbonyl (C=O) groups excluding carboxylic acids is 1. The molecule has 0 aliphatic rings. The summed E-state index contributed by atoms with van der Waals surface area (Å²) >= 11 is 1.29. The SMILES string of the molecule is COc1ccc(-c2nnc(SCC(=O)Nc3cc(-c4ccc(C)cc4)no3)n2-c2ccccc2)cc1. The summed E-state index contributed by atoms with van der Waals surface area (Å²) < 4.78 is 12.5. The van der Waals surface area contributed by atoms with Gasteiger partial charge in [0, 0.05) is 22.9 Å². The molecule has 36 heavy (non-hydrogen) atoms. The summed E-state index contributed by atoms with van der Waals surface area (Å²) in [5.74, 6) is 1.60. The Morgan fingerprint density at radius 2 is 1.69 bits per heavy atom. The molecule has 1 amide bonds. The second-order valence-corrected chi connectivity index (χ2v) is 8.93. The maximum Gasteiger partial charge on any atom is 0.237 e. The Bertz CT molecular complexity index is 1460. The smallest absolute Gasteiger partial charge is 0.237 e. The van der Waals surface area contributed by atoms with E-state index in [4.69, 9.17) is 9.26 Å². The van der Waals surface area contributed by atoms with Gasteiger partial charge in [-0.1, -0.05) is 64.9 Å². The van der Waals surface area contributed by atoms with Crippen molar-refractivity contribution in [2.24, 2.45) is 0 Å². The van der Waals surface area contributed by atoms with Crippen LogP contribution in [-0.4, -0.2) is 38.7 Å². The molecule has 2 aromatic heterocycles. The van der Waals surface area contributed by atoms with Crippen molar-refractivity contribution in [3.8, 4) is 34.1 Å². The maximum atomic E-state index is 12.7. The maximum absolute atomic E-state index is 12.7. The van der Waals surface area contributed by atoms with E-state index in [-0.39, 0.29) is 11.7 Å². The van der Waals surface area contributed by atoms with Crippen LogP contribution >= 0.6 is 11.8 Å². The fourth-order valence-electron chi connectivity index (χ4n) is 3.60. The Hall–Kier alpha value is -4.37. The number of nitrogens with one attached hydrogen (secondary N) is 1.